The number of carbonyl (C=O) groups is 1. The molecule has 0 saturated carbocycles. The Bertz CT molecular complexity index is 1030. The molecule has 8 heteroatoms. The molecule has 1 saturated heterocycles. The van der Waals surface area contributed by atoms with E-state index in [1.165, 1.54) is 23.1 Å². The maximum Gasteiger partial charge on any atom is 0.258 e. The molecule has 26 heavy (non-hydrogen) atoms. The third kappa shape index (κ3) is 3.66. The zero-order valence-electron chi connectivity index (χ0n) is 14.2. The summed E-state index contributed by atoms with van der Waals surface area (Å²) in [6.45, 7) is 0. The van der Waals surface area contributed by atoms with Gasteiger partial charge in [-0.05, 0) is 36.8 Å². The van der Waals surface area contributed by atoms with E-state index in [9.17, 15) is 21.6 Å². The average molecular weight is 393 g/mol. The fraction of sp³-hybridized carbons (Fsp3) is 0.278. The van der Waals surface area contributed by atoms with Gasteiger partial charge in [-0.1, -0.05) is 24.3 Å². The van der Waals surface area contributed by atoms with Gasteiger partial charge in [0.1, 0.15) is 0 Å². The molecule has 6 nitrogen and oxygen atoms in total. The molecular weight excluding hydrogens is 374 g/mol. The number of carbonyl (C=O) groups excluding carboxylic acids is 1. The number of nitrogens with zero attached hydrogens (tertiary/aromatic N) is 1. The number of hydrogen-bond donors (Lipinski definition) is 0. The summed E-state index contributed by atoms with van der Waals surface area (Å²) in [5.41, 5.74) is 0.922. The summed E-state index contributed by atoms with van der Waals surface area (Å²) in [5.74, 6) is -0.823. The van der Waals surface area contributed by atoms with Gasteiger partial charge in [-0.2, -0.15) is 0 Å². The summed E-state index contributed by atoms with van der Waals surface area (Å²) < 4.78 is 48.7. The highest BCUT2D eigenvalue weighted by Crippen LogP contribution is 2.26. The lowest BCUT2D eigenvalue weighted by Crippen LogP contribution is -2.27. The van der Waals surface area contributed by atoms with Crippen LogP contribution in [0.15, 0.2) is 59.5 Å². The van der Waals surface area contributed by atoms with E-state index in [1.54, 1.807) is 37.4 Å². The van der Waals surface area contributed by atoms with Crippen molar-refractivity contribution in [2.75, 3.05) is 23.5 Å². The largest absolute Gasteiger partial charge is 0.311 e. The Morgan fingerprint density at radius 2 is 1.77 bits per heavy atom. The molecule has 3 rings (SSSR count). The molecule has 1 aliphatic heterocycles. The second kappa shape index (κ2) is 6.85. The predicted octanol–water partition coefficient (Wildman–Crippen LogP) is 1.92. The molecule has 0 bridgehead atoms. The minimum absolute atomic E-state index is 0.0214. The van der Waals surface area contributed by atoms with Crippen LogP contribution in [0.1, 0.15) is 16.8 Å². The van der Waals surface area contributed by atoms with E-state index in [1.807, 2.05) is 6.07 Å². The first-order valence-corrected chi connectivity index (χ1v) is 11.4. The Hall–Kier alpha value is -2.19. The van der Waals surface area contributed by atoms with Crippen LogP contribution in [-0.2, 0) is 19.7 Å². The molecule has 2 aromatic rings. The molecule has 0 N–H and O–H groups in total. The van der Waals surface area contributed by atoms with Crippen molar-refractivity contribution in [2.45, 2.75) is 16.6 Å². The summed E-state index contributed by atoms with van der Waals surface area (Å²) in [7, 11) is -5.51. The van der Waals surface area contributed by atoms with Gasteiger partial charge in [0.05, 0.1) is 21.7 Å². The average Bonchev–Trinajstić information content (AvgIpc) is 3.02. The Morgan fingerprint density at radius 3 is 2.38 bits per heavy atom. The first kappa shape index (κ1) is 18.6. The molecule has 0 unspecified atom stereocenters. The lowest BCUT2D eigenvalue weighted by molar-refractivity contribution is 0.0993. The first-order chi connectivity index (χ1) is 12.2. The third-order valence-electron chi connectivity index (χ3n) is 4.49. The van der Waals surface area contributed by atoms with Crippen LogP contribution >= 0.6 is 0 Å². The molecule has 0 radical (unpaired) electrons. The van der Waals surface area contributed by atoms with Crippen molar-refractivity contribution in [2.24, 2.45) is 0 Å². The minimum Gasteiger partial charge on any atom is -0.311 e. The van der Waals surface area contributed by atoms with Crippen molar-refractivity contribution in [1.82, 2.24) is 0 Å². The molecule has 1 fully saturated rings. The Labute approximate surface area is 153 Å². The molecule has 0 aromatic heterocycles. The van der Waals surface area contributed by atoms with E-state index < -0.39 is 24.9 Å². The molecule has 1 aliphatic rings. The summed E-state index contributed by atoms with van der Waals surface area (Å²) in [6, 6.07) is 14.8. The highest BCUT2D eigenvalue weighted by molar-refractivity contribution is 7.96. The van der Waals surface area contributed by atoms with Crippen LogP contribution in [0.3, 0.4) is 0 Å². The number of para-hydroxylation sites is 1. The number of anilines is 1. The Balaban J connectivity index is 1.90. The Kier molecular flexibility index (Phi) is 4.90. The van der Waals surface area contributed by atoms with Gasteiger partial charge in [0.2, 0.25) is 0 Å². The lowest BCUT2D eigenvalue weighted by atomic mass is 10.2. The quantitative estimate of drug-likeness (QED) is 0.792. The van der Waals surface area contributed by atoms with E-state index in [0.717, 1.165) is 0 Å². The topological polar surface area (TPSA) is 88.6 Å². The van der Waals surface area contributed by atoms with E-state index in [4.69, 9.17) is 0 Å². The van der Waals surface area contributed by atoms with Crippen LogP contribution in [0.5, 0.6) is 0 Å². The van der Waals surface area contributed by atoms with Crippen LogP contribution in [-0.4, -0.2) is 46.5 Å². The highest BCUT2D eigenvalue weighted by Gasteiger charge is 2.38. The highest BCUT2D eigenvalue weighted by atomic mass is 32.2. The van der Waals surface area contributed by atoms with Crippen molar-refractivity contribution in [1.29, 1.82) is 0 Å². The van der Waals surface area contributed by atoms with Crippen LogP contribution in [0.4, 0.5) is 5.69 Å². The fourth-order valence-corrected chi connectivity index (χ4v) is 7.37. The fourth-order valence-electron chi connectivity index (χ4n) is 2.97. The van der Waals surface area contributed by atoms with Crippen LogP contribution < -0.4 is 4.90 Å². The van der Waals surface area contributed by atoms with Crippen molar-refractivity contribution in [3.63, 3.8) is 0 Å². The van der Waals surface area contributed by atoms with E-state index in [-0.39, 0.29) is 34.3 Å². The van der Waals surface area contributed by atoms with Crippen LogP contribution in [0.25, 0.3) is 0 Å². The second-order valence-electron chi connectivity index (χ2n) is 6.30. The molecule has 2 aromatic carbocycles. The normalized spacial score (nSPS) is 19.2. The van der Waals surface area contributed by atoms with Gasteiger partial charge in [0, 0.05) is 18.3 Å². The van der Waals surface area contributed by atoms with Crippen molar-refractivity contribution < 1.29 is 21.6 Å². The summed E-state index contributed by atoms with van der Waals surface area (Å²) >= 11 is 0. The number of rotatable bonds is 4. The van der Waals surface area contributed by atoms with E-state index in [0.29, 0.717) is 5.69 Å². The maximum atomic E-state index is 12.7. The minimum atomic E-state index is -3.81. The first-order valence-electron chi connectivity index (χ1n) is 8.08. The van der Waals surface area contributed by atoms with Gasteiger partial charge in [-0.15, -0.1) is 0 Å². The van der Waals surface area contributed by atoms with Gasteiger partial charge in [0.25, 0.3) is 5.91 Å². The molecule has 1 atom stereocenters. The van der Waals surface area contributed by atoms with Gasteiger partial charge in [0.15, 0.2) is 19.7 Å². The molecule has 1 amide bonds. The zero-order valence-corrected chi connectivity index (χ0v) is 15.8. The van der Waals surface area contributed by atoms with Crippen LogP contribution in [0.2, 0.25) is 0 Å². The molecular formula is C18H19NO5S2. The molecule has 1 heterocycles. The number of amides is 1. The molecule has 0 spiro atoms. The summed E-state index contributed by atoms with van der Waals surface area (Å²) in [4.78, 5) is 14.1. The third-order valence-corrected chi connectivity index (χ3v) is 8.66. The van der Waals surface area contributed by atoms with Gasteiger partial charge < -0.3 is 4.90 Å². The predicted molar refractivity (Wildman–Crippen MR) is 99.9 cm³/mol. The van der Waals surface area contributed by atoms with E-state index in [2.05, 4.69) is 0 Å². The van der Waals surface area contributed by atoms with Crippen molar-refractivity contribution in [3.8, 4) is 0 Å². The number of hydrogen-bond acceptors (Lipinski definition) is 5. The number of benzene rings is 2. The molecule has 0 aliphatic carbocycles. The van der Waals surface area contributed by atoms with Crippen molar-refractivity contribution >= 4 is 31.3 Å². The Morgan fingerprint density at radius 1 is 1.08 bits per heavy atom. The smallest absolute Gasteiger partial charge is 0.258 e. The summed E-state index contributed by atoms with van der Waals surface area (Å²) in [5, 5.41) is -0.954. The van der Waals surface area contributed by atoms with E-state index >= 15 is 0 Å². The monoisotopic (exact) mass is 393 g/mol. The van der Waals surface area contributed by atoms with Gasteiger partial charge in [-0.25, -0.2) is 16.8 Å². The SMILES string of the molecule is CN(C(=O)c1cccc(S(=O)(=O)[C@H]2CCS(=O)(=O)C2)c1)c1ccccc1. The lowest BCUT2D eigenvalue weighted by Gasteiger charge is -2.18. The number of sulfone groups is 2. The summed E-state index contributed by atoms with van der Waals surface area (Å²) in [6.07, 6.45) is 0.0900. The van der Waals surface area contributed by atoms with Gasteiger partial charge >= 0.3 is 0 Å². The zero-order chi connectivity index (χ0) is 18.9. The van der Waals surface area contributed by atoms with Crippen LogP contribution in [0, 0.1) is 0 Å². The maximum absolute atomic E-state index is 12.7. The van der Waals surface area contributed by atoms with Crippen molar-refractivity contribution in [3.05, 3.63) is 60.2 Å². The molecule has 138 valence electrons. The standard InChI is InChI=1S/C18H19NO5S2/c1-19(15-7-3-2-4-8-15)18(20)14-6-5-9-16(12-14)26(23,24)17-10-11-25(21,22)13-17/h2-9,12,17H,10-11,13H2,1H3/t17-/m0/s1. The van der Waals surface area contributed by atoms with Gasteiger partial charge in [-0.3, -0.25) is 4.79 Å². The second-order valence-corrected chi connectivity index (χ2v) is 10.8.